The van der Waals surface area contributed by atoms with Crippen LogP contribution >= 0.6 is 11.3 Å². The molecule has 5 rings (SSSR count). The van der Waals surface area contributed by atoms with E-state index in [1.165, 1.54) is 37.0 Å². The Bertz CT molecular complexity index is 952. The number of hydrogen-bond acceptors (Lipinski definition) is 6. The first-order valence-corrected chi connectivity index (χ1v) is 15.3. The van der Waals surface area contributed by atoms with Gasteiger partial charge >= 0.3 is 0 Å². The van der Waals surface area contributed by atoms with Gasteiger partial charge in [0.1, 0.15) is 5.01 Å². The molecule has 10 atom stereocenters. The molecule has 1 aromatic heterocycles. The third-order valence-corrected chi connectivity index (χ3v) is 12.6. The van der Waals surface area contributed by atoms with Crippen molar-refractivity contribution in [1.82, 2.24) is 10.2 Å². The van der Waals surface area contributed by atoms with Crippen molar-refractivity contribution in [3.8, 4) is 0 Å². The van der Waals surface area contributed by atoms with E-state index in [0.717, 1.165) is 37.1 Å². The van der Waals surface area contributed by atoms with Gasteiger partial charge in [0.25, 0.3) is 0 Å². The molecule has 0 radical (unpaired) electrons. The summed E-state index contributed by atoms with van der Waals surface area (Å²) in [7, 11) is 0. The standard InChI is InChI=1S/C29H47N3O3S/c1-16(2)26-31-32-27(36-26)30-24(35)9-6-17(3)20-7-8-21-25-22(11-13-29(20,21)5)28(4)12-10-19(33)14-18(28)15-23(25)34/h16-23,25,33-34H,6-15H2,1-5H3,(H,30,32,35)/t17-,18-,19-,20+,21-,22+,23+,25-,28+,29-/m1/s1. The van der Waals surface area contributed by atoms with E-state index in [4.69, 9.17) is 0 Å². The van der Waals surface area contributed by atoms with Gasteiger partial charge in [-0.05, 0) is 104 Å². The van der Waals surface area contributed by atoms with Gasteiger partial charge in [-0.1, -0.05) is 46.0 Å². The number of rotatable bonds is 6. The van der Waals surface area contributed by atoms with Crippen LogP contribution in [0, 0.1) is 46.3 Å². The lowest BCUT2D eigenvalue weighted by Crippen LogP contribution is -2.58. The van der Waals surface area contributed by atoms with Crippen molar-refractivity contribution in [1.29, 1.82) is 0 Å². The molecule has 202 valence electrons. The van der Waals surface area contributed by atoms with Crippen LogP contribution in [0.3, 0.4) is 0 Å². The van der Waals surface area contributed by atoms with E-state index in [1.807, 2.05) is 0 Å². The molecule has 36 heavy (non-hydrogen) atoms. The fraction of sp³-hybridized carbons (Fsp3) is 0.897. The molecule has 4 aliphatic carbocycles. The number of hydrogen-bond donors (Lipinski definition) is 3. The molecule has 4 aliphatic rings. The third-order valence-electron chi connectivity index (χ3n) is 11.4. The maximum Gasteiger partial charge on any atom is 0.226 e. The van der Waals surface area contributed by atoms with Crippen LogP contribution in [0.25, 0.3) is 0 Å². The van der Waals surface area contributed by atoms with Gasteiger partial charge in [-0.25, -0.2) is 0 Å². The quantitative estimate of drug-likeness (QED) is 0.430. The van der Waals surface area contributed by atoms with E-state index in [9.17, 15) is 15.0 Å². The monoisotopic (exact) mass is 517 g/mol. The molecular formula is C29H47N3O3S. The minimum atomic E-state index is -0.231. The summed E-state index contributed by atoms with van der Waals surface area (Å²) >= 11 is 1.47. The Balaban J connectivity index is 1.22. The predicted octanol–water partition coefficient (Wildman–Crippen LogP) is 6.01. The van der Waals surface area contributed by atoms with E-state index in [-0.39, 0.29) is 28.9 Å². The van der Waals surface area contributed by atoms with Crippen molar-refractivity contribution >= 4 is 22.4 Å². The Labute approximate surface area is 221 Å². The van der Waals surface area contributed by atoms with Crippen molar-refractivity contribution in [3.63, 3.8) is 0 Å². The lowest BCUT2D eigenvalue weighted by atomic mass is 9.43. The Morgan fingerprint density at radius 3 is 2.47 bits per heavy atom. The van der Waals surface area contributed by atoms with Gasteiger partial charge in [0.15, 0.2) is 0 Å². The maximum atomic E-state index is 12.7. The third kappa shape index (κ3) is 4.55. The molecule has 0 aromatic carbocycles. The molecule has 7 heteroatoms. The second-order valence-corrected chi connectivity index (χ2v) is 14.6. The van der Waals surface area contributed by atoms with Crippen LogP contribution in [0.2, 0.25) is 0 Å². The van der Waals surface area contributed by atoms with Crippen molar-refractivity contribution in [2.24, 2.45) is 46.3 Å². The van der Waals surface area contributed by atoms with E-state index in [0.29, 0.717) is 53.0 Å². The lowest BCUT2D eigenvalue weighted by molar-refractivity contribution is -0.174. The maximum absolute atomic E-state index is 12.7. The molecule has 3 N–H and O–H groups in total. The van der Waals surface area contributed by atoms with E-state index < -0.39 is 0 Å². The highest BCUT2D eigenvalue weighted by Crippen LogP contribution is 2.68. The molecule has 4 fully saturated rings. The van der Waals surface area contributed by atoms with Crippen LogP contribution in [-0.4, -0.2) is 38.5 Å². The van der Waals surface area contributed by atoms with Gasteiger partial charge in [-0.2, -0.15) is 0 Å². The number of nitrogens with one attached hydrogen (secondary N) is 1. The van der Waals surface area contributed by atoms with Crippen LogP contribution in [0.15, 0.2) is 0 Å². The van der Waals surface area contributed by atoms with E-state index >= 15 is 0 Å². The molecule has 0 aliphatic heterocycles. The Morgan fingerprint density at radius 2 is 1.75 bits per heavy atom. The summed E-state index contributed by atoms with van der Waals surface area (Å²) in [6.07, 6.45) is 9.64. The molecule has 0 saturated heterocycles. The zero-order chi connectivity index (χ0) is 25.8. The summed E-state index contributed by atoms with van der Waals surface area (Å²) in [5.74, 6) is 3.47. The molecule has 0 unspecified atom stereocenters. The van der Waals surface area contributed by atoms with Crippen molar-refractivity contribution in [3.05, 3.63) is 5.01 Å². The topological polar surface area (TPSA) is 95.3 Å². The van der Waals surface area contributed by atoms with Crippen LogP contribution in [0.4, 0.5) is 5.13 Å². The van der Waals surface area contributed by atoms with Crippen molar-refractivity contribution < 1.29 is 15.0 Å². The summed E-state index contributed by atoms with van der Waals surface area (Å²) < 4.78 is 0. The highest BCUT2D eigenvalue weighted by atomic mass is 32.1. The Kier molecular flexibility index (Phi) is 7.32. The lowest BCUT2D eigenvalue weighted by Gasteiger charge is -2.62. The highest BCUT2D eigenvalue weighted by molar-refractivity contribution is 7.15. The summed E-state index contributed by atoms with van der Waals surface area (Å²) in [5.41, 5.74) is 0.521. The number of aliphatic hydroxyl groups is 2. The molecule has 6 nitrogen and oxygen atoms in total. The summed E-state index contributed by atoms with van der Waals surface area (Å²) in [5, 5.41) is 34.6. The number of carbonyl (C=O) groups excluding carboxylic acids is 1. The van der Waals surface area contributed by atoms with Gasteiger partial charge in [-0.15, -0.1) is 10.2 Å². The van der Waals surface area contributed by atoms with Crippen LogP contribution < -0.4 is 5.32 Å². The first kappa shape index (κ1) is 26.6. The zero-order valence-corrected chi connectivity index (χ0v) is 23.7. The minimum Gasteiger partial charge on any atom is -0.393 e. The largest absolute Gasteiger partial charge is 0.393 e. The van der Waals surface area contributed by atoms with Gasteiger partial charge in [0.2, 0.25) is 11.0 Å². The fourth-order valence-corrected chi connectivity index (χ4v) is 10.2. The first-order chi connectivity index (χ1) is 17.0. The Hall–Kier alpha value is -1.05. The van der Waals surface area contributed by atoms with Gasteiger partial charge in [-0.3, -0.25) is 4.79 Å². The van der Waals surface area contributed by atoms with Crippen molar-refractivity contribution in [2.45, 2.75) is 117 Å². The van der Waals surface area contributed by atoms with Crippen LogP contribution in [-0.2, 0) is 4.79 Å². The van der Waals surface area contributed by atoms with Crippen molar-refractivity contribution in [2.75, 3.05) is 5.32 Å². The molecule has 0 bridgehead atoms. The predicted molar refractivity (Wildman–Crippen MR) is 144 cm³/mol. The molecule has 1 heterocycles. The number of anilines is 1. The number of amides is 1. The van der Waals surface area contributed by atoms with Gasteiger partial charge in [0.05, 0.1) is 12.2 Å². The number of aliphatic hydroxyl groups excluding tert-OH is 2. The molecule has 4 saturated carbocycles. The molecule has 1 aromatic rings. The Morgan fingerprint density at radius 1 is 1.03 bits per heavy atom. The average molecular weight is 518 g/mol. The van der Waals surface area contributed by atoms with E-state index in [1.54, 1.807) is 0 Å². The number of nitrogens with zero attached hydrogens (tertiary/aromatic N) is 2. The molecular weight excluding hydrogens is 470 g/mol. The first-order valence-electron chi connectivity index (χ1n) is 14.5. The summed E-state index contributed by atoms with van der Waals surface area (Å²) in [6, 6.07) is 0. The number of carbonyl (C=O) groups is 1. The van der Waals surface area contributed by atoms with E-state index in [2.05, 4.69) is 50.1 Å². The van der Waals surface area contributed by atoms with Crippen LogP contribution in [0.1, 0.15) is 110 Å². The summed E-state index contributed by atoms with van der Waals surface area (Å²) in [4.78, 5) is 12.7. The number of aromatic nitrogens is 2. The smallest absolute Gasteiger partial charge is 0.226 e. The van der Waals surface area contributed by atoms with Gasteiger partial charge < -0.3 is 15.5 Å². The minimum absolute atomic E-state index is 0.0397. The highest BCUT2D eigenvalue weighted by Gasteiger charge is 2.62. The number of fused-ring (bicyclic) bond motifs is 5. The molecule has 0 spiro atoms. The second kappa shape index (κ2) is 9.92. The van der Waals surface area contributed by atoms with Gasteiger partial charge in [0, 0.05) is 12.3 Å². The molecule has 1 amide bonds. The average Bonchev–Trinajstić information content (AvgIpc) is 3.43. The second-order valence-electron chi connectivity index (χ2n) is 13.6. The normalized spacial score (nSPS) is 42.9. The fourth-order valence-electron chi connectivity index (χ4n) is 9.44. The SMILES string of the molecule is CC(C)c1nnc(NC(=O)CC[C@@H](C)[C@@H]2CC[C@@H]3[C@H]4[C@@H](O)C[C@H]5C[C@H](O)CC[C@]5(C)[C@H]4CC[C@@]32C)s1. The van der Waals surface area contributed by atoms with Crippen LogP contribution in [0.5, 0.6) is 0 Å². The zero-order valence-electron chi connectivity index (χ0n) is 22.9. The summed E-state index contributed by atoms with van der Waals surface area (Å²) in [6.45, 7) is 11.5.